The SMILES string of the molecule is CCCCC(C)NC(=O)NC(C)(C)C(C)(C)C(=O)O. The summed E-state index contributed by atoms with van der Waals surface area (Å²) < 4.78 is 0. The summed E-state index contributed by atoms with van der Waals surface area (Å²) >= 11 is 0. The van der Waals surface area contributed by atoms with E-state index >= 15 is 0 Å². The molecule has 0 saturated carbocycles. The minimum absolute atomic E-state index is 0.0868. The molecule has 0 aliphatic rings. The maximum atomic E-state index is 11.9. The van der Waals surface area contributed by atoms with E-state index in [4.69, 9.17) is 0 Å². The molecule has 3 N–H and O–H groups in total. The van der Waals surface area contributed by atoms with E-state index in [0.29, 0.717) is 0 Å². The van der Waals surface area contributed by atoms with Gasteiger partial charge in [0, 0.05) is 6.04 Å². The largest absolute Gasteiger partial charge is 0.481 e. The first-order valence-corrected chi connectivity index (χ1v) is 6.86. The molecule has 0 aromatic heterocycles. The molecule has 0 aliphatic heterocycles. The quantitative estimate of drug-likeness (QED) is 0.667. The number of rotatable bonds is 7. The molecule has 112 valence electrons. The average Bonchev–Trinajstić information content (AvgIpc) is 2.24. The van der Waals surface area contributed by atoms with Gasteiger partial charge in [-0.2, -0.15) is 0 Å². The molecule has 5 heteroatoms. The summed E-state index contributed by atoms with van der Waals surface area (Å²) in [5, 5.41) is 14.8. The second-order valence-electron chi connectivity index (χ2n) is 6.20. The first kappa shape index (κ1) is 17.7. The zero-order valence-electron chi connectivity index (χ0n) is 13.0. The summed E-state index contributed by atoms with van der Waals surface area (Å²) in [6, 6.07) is -0.230. The van der Waals surface area contributed by atoms with Gasteiger partial charge in [0.25, 0.3) is 0 Å². The summed E-state index contributed by atoms with van der Waals surface area (Å²) in [4.78, 5) is 23.1. The molecule has 0 radical (unpaired) electrons. The summed E-state index contributed by atoms with van der Waals surface area (Å²) in [7, 11) is 0. The second kappa shape index (κ2) is 6.78. The lowest BCUT2D eigenvalue weighted by Gasteiger charge is -2.39. The van der Waals surface area contributed by atoms with Gasteiger partial charge in [-0.15, -0.1) is 0 Å². The molecule has 0 aliphatic carbocycles. The van der Waals surface area contributed by atoms with Crippen molar-refractivity contribution in [3.8, 4) is 0 Å². The van der Waals surface area contributed by atoms with Crippen molar-refractivity contribution >= 4 is 12.0 Å². The minimum atomic E-state index is -1.04. The Kier molecular flexibility index (Phi) is 6.33. The van der Waals surface area contributed by atoms with Crippen LogP contribution in [0, 0.1) is 5.41 Å². The van der Waals surface area contributed by atoms with E-state index in [2.05, 4.69) is 17.6 Å². The smallest absolute Gasteiger partial charge is 0.315 e. The Morgan fingerprint density at radius 1 is 1.21 bits per heavy atom. The van der Waals surface area contributed by atoms with E-state index in [0.717, 1.165) is 19.3 Å². The molecule has 2 amide bonds. The fourth-order valence-corrected chi connectivity index (χ4v) is 1.55. The summed E-state index contributed by atoms with van der Waals surface area (Å²) in [6.45, 7) is 10.7. The number of hydrogen-bond acceptors (Lipinski definition) is 2. The van der Waals surface area contributed by atoms with E-state index in [9.17, 15) is 14.7 Å². The van der Waals surface area contributed by atoms with Crippen molar-refractivity contribution in [2.24, 2.45) is 5.41 Å². The van der Waals surface area contributed by atoms with Gasteiger partial charge >= 0.3 is 12.0 Å². The number of aliphatic carboxylic acids is 1. The molecule has 0 heterocycles. The Bertz CT molecular complexity index is 325. The van der Waals surface area contributed by atoms with Crippen LogP contribution in [0.25, 0.3) is 0 Å². The van der Waals surface area contributed by atoms with E-state index < -0.39 is 16.9 Å². The molecule has 0 fully saturated rings. The Balaban J connectivity index is 4.51. The van der Waals surface area contributed by atoms with Gasteiger partial charge in [-0.25, -0.2) is 4.79 Å². The van der Waals surface area contributed by atoms with Crippen molar-refractivity contribution in [1.82, 2.24) is 10.6 Å². The summed E-state index contributed by atoms with van der Waals surface area (Å²) in [5.74, 6) is -0.933. The highest BCUT2D eigenvalue weighted by Crippen LogP contribution is 2.30. The van der Waals surface area contributed by atoms with Crippen molar-refractivity contribution in [3.05, 3.63) is 0 Å². The number of amides is 2. The van der Waals surface area contributed by atoms with Crippen molar-refractivity contribution in [1.29, 1.82) is 0 Å². The monoisotopic (exact) mass is 272 g/mol. The molecule has 5 nitrogen and oxygen atoms in total. The fraction of sp³-hybridized carbons (Fsp3) is 0.857. The lowest BCUT2D eigenvalue weighted by atomic mass is 9.74. The van der Waals surface area contributed by atoms with Crippen molar-refractivity contribution in [2.75, 3.05) is 0 Å². The predicted octanol–water partition coefficient (Wildman–Crippen LogP) is 2.75. The molecule has 0 spiro atoms. The molecule has 0 aromatic rings. The number of unbranched alkanes of at least 4 members (excludes halogenated alkanes) is 1. The third-order valence-corrected chi connectivity index (χ3v) is 3.89. The predicted molar refractivity (Wildman–Crippen MR) is 76.2 cm³/mol. The standard InChI is InChI=1S/C14H28N2O3/c1-7-8-9-10(2)15-12(19)16-14(5,6)13(3,4)11(17)18/h10H,7-9H2,1-6H3,(H,17,18)(H2,15,16,19). The number of carbonyl (C=O) groups is 2. The van der Waals surface area contributed by atoms with E-state index in [-0.39, 0.29) is 12.1 Å². The van der Waals surface area contributed by atoms with Crippen LogP contribution in [0.1, 0.15) is 60.8 Å². The van der Waals surface area contributed by atoms with Crippen LogP contribution in [-0.2, 0) is 4.79 Å². The van der Waals surface area contributed by atoms with Gasteiger partial charge in [0.1, 0.15) is 0 Å². The van der Waals surface area contributed by atoms with Gasteiger partial charge < -0.3 is 15.7 Å². The number of carboxylic acid groups (broad SMARTS) is 1. The highest BCUT2D eigenvalue weighted by Gasteiger charge is 2.44. The Labute approximate surface area is 116 Å². The highest BCUT2D eigenvalue weighted by atomic mass is 16.4. The number of urea groups is 1. The van der Waals surface area contributed by atoms with Crippen LogP contribution in [0.3, 0.4) is 0 Å². The topological polar surface area (TPSA) is 78.4 Å². The van der Waals surface area contributed by atoms with Gasteiger partial charge in [0.2, 0.25) is 0 Å². The first-order chi connectivity index (χ1) is 8.54. The van der Waals surface area contributed by atoms with Crippen molar-refractivity contribution < 1.29 is 14.7 Å². The molecular weight excluding hydrogens is 244 g/mol. The third-order valence-electron chi connectivity index (χ3n) is 3.89. The van der Waals surface area contributed by atoms with Crippen molar-refractivity contribution in [2.45, 2.75) is 72.4 Å². The molecule has 0 aromatic carbocycles. The molecule has 1 atom stereocenters. The van der Waals surface area contributed by atoms with Crippen LogP contribution >= 0.6 is 0 Å². The first-order valence-electron chi connectivity index (χ1n) is 6.86. The van der Waals surface area contributed by atoms with Crippen LogP contribution in [0.2, 0.25) is 0 Å². The maximum absolute atomic E-state index is 11.9. The molecule has 0 saturated heterocycles. The van der Waals surface area contributed by atoms with E-state index in [1.165, 1.54) is 0 Å². The van der Waals surface area contributed by atoms with Gasteiger partial charge in [-0.1, -0.05) is 19.8 Å². The number of hydrogen-bond donors (Lipinski definition) is 3. The number of carboxylic acids is 1. The molecule has 0 bridgehead atoms. The summed E-state index contributed by atoms with van der Waals surface area (Å²) in [5.41, 5.74) is -1.88. The van der Waals surface area contributed by atoms with Crippen LogP contribution in [0.5, 0.6) is 0 Å². The molecule has 1 unspecified atom stereocenters. The van der Waals surface area contributed by atoms with E-state index in [1.807, 2.05) is 6.92 Å². The average molecular weight is 272 g/mol. The minimum Gasteiger partial charge on any atom is -0.481 e. The van der Waals surface area contributed by atoms with Crippen LogP contribution < -0.4 is 10.6 Å². The molecular formula is C14H28N2O3. The van der Waals surface area contributed by atoms with Crippen LogP contribution in [0.15, 0.2) is 0 Å². The number of nitrogens with one attached hydrogen (secondary N) is 2. The lowest BCUT2D eigenvalue weighted by Crippen LogP contribution is -2.59. The normalized spacial score (nSPS) is 13.8. The van der Waals surface area contributed by atoms with Gasteiger partial charge in [0.15, 0.2) is 0 Å². The highest BCUT2D eigenvalue weighted by molar-refractivity contribution is 5.79. The van der Waals surface area contributed by atoms with Crippen molar-refractivity contribution in [3.63, 3.8) is 0 Å². The van der Waals surface area contributed by atoms with Gasteiger partial charge in [-0.05, 0) is 41.0 Å². The third kappa shape index (κ3) is 5.09. The van der Waals surface area contributed by atoms with Gasteiger partial charge in [0.05, 0.1) is 11.0 Å². The summed E-state index contributed by atoms with van der Waals surface area (Å²) in [6.07, 6.45) is 3.07. The zero-order chi connectivity index (χ0) is 15.3. The maximum Gasteiger partial charge on any atom is 0.315 e. The molecule has 0 rings (SSSR count). The Morgan fingerprint density at radius 2 is 1.74 bits per heavy atom. The molecule has 19 heavy (non-hydrogen) atoms. The fourth-order valence-electron chi connectivity index (χ4n) is 1.55. The van der Waals surface area contributed by atoms with Crippen LogP contribution in [-0.4, -0.2) is 28.7 Å². The second-order valence-corrected chi connectivity index (χ2v) is 6.20. The zero-order valence-corrected chi connectivity index (χ0v) is 13.0. The lowest BCUT2D eigenvalue weighted by molar-refractivity contribution is -0.150. The van der Waals surface area contributed by atoms with E-state index in [1.54, 1.807) is 27.7 Å². The van der Waals surface area contributed by atoms with Crippen LogP contribution in [0.4, 0.5) is 4.79 Å². The number of carbonyl (C=O) groups excluding carboxylic acids is 1. The Morgan fingerprint density at radius 3 is 2.16 bits per heavy atom. The van der Waals surface area contributed by atoms with Gasteiger partial charge in [-0.3, -0.25) is 4.79 Å². The Hall–Kier alpha value is -1.26.